The van der Waals surface area contributed by atoms with Crippen LogP contribution in [-0.4, -0.2) is 39.9 Å². The normalized spacial score (nSPS) is 15.7. The number of guanidine groups is 1. The Bertz CT molecular complexity index is 961. The number of methoxy groups -OCH3 is 3. The molecule has 4 N–H and O–H groups in total. The molecule has 2 aromatic rings. The third-order valence-corrected chi connectivity index (χ3v) is 4.70. The van der Waals surface area contributed by atoms with Gasteiger partial charge in [0, 0.05) is 11.1 Å². The maximum absolute atomic E-state index is 13.0. The maximum Gasteiger partial charge on any atom is 0.346 e. The molecule has 8 heteroatoms. The average Bonchev–Trinajstić information content (AvgIpc) is 2.78. The molecule has 2 aromatic carbocycles. The molecule has 0 saturated carbocycles. The Hall–Kier alpha value is -3.68. The molecule has 8 nitrogen and oxygen atoms in total. The van der Waals surface area contributed by atoms with E-state index < -0.39 is 12.0 Å². The van der Waals surface area contributed by atoms with Crippen LogP contribution in [0.25, 0.3) is 5.70 Å². The van der Waals surface area contributed by atoms with Crippen LogP contribution >= 0.6 is 0 Å². The zero-order chi connectivity index (χ0) is 21.7. The molecular weight excluding hydrogens is 386 g/mol. The van der Waals surface area contributed by atoms with Gasteiger partial charge >= 0.3 is 11.9 Å². The van der Waals surface area contributed by atoms with Gasteiger partial charge in [0.25, 0.3) is 0 Å². The van der Waals surface area contributed by atoms with Gasteiger partial charge < -0.3 is 18.9 Å². The lowest BCUT2D eigenvalue weighted by atomic mass is 9.93. The van der Waals surface area contributed by atoms with Gasteiger partial charge in [0.2, 0.25) is 5.75 Å². The van der Waals surface area contributed by atoms with Crippen LogP contribution in [0.5, 0.6) is 17.2 Å². The number of carbonyl (C=O) groups is 1. The van der Waals surface area contributed by atoms with Gasteiger partial charge in [-0.3, -0.25) is 10.7 Å². The van der Waals surface area contributed by atoms with E-state index in [0.717, 1.165) is 5.56 Å². The first kappa shape index (κ1) is 21.0. The molecule has 3 rings (SSSR count). The molecule has 0 fully saturated rings. The summed E-state index contributed by atoms with van der Waals surface area (Å²) in [6.07, 6.45) is 0. The van der Waals surface area contributed by atoms with Crippen molar-refractivity contribution in [3.63, 3.8) is 0 Å². The summed E-state index contributed by atoms with van der Waals surface area (Å²) < 4.78 is 21.7. The summed E-state index contributed by atoms with van der Waals surface area (Å²) in [5.74, 6) is 1.24. The number of hydrogen-bond donors (Lipinski definition) is 3. The molecule has 1 aliphatic heterocycles. The lowest BCUT2D eigenvalue weighted by molar-refractivity contribution is -0.502. The van der Waals surface area contributed by atoms with E-state index in [-0.39, 0.29) is 6.61 Å². The van der Waals surface area contributed by atoms with Crippen molar-refractivity contribution >= 4 is 17.6 Å². The molecule has 0 saturated heterocycles. The highest BCUT2D eigenvalue weighted by atomic mass is 16.5. The van der Waals surface area contributed by atoms with E-state index in [1.807, 2.05) is 30.3 Å². The first-order valence-electron chi connectivity index (χ1n) is 9.46. The second kappa shape index (κ2) is 9.21. The van der Waals surface area contributed by atoms with Crippen molar-refractivity contribution in [3.05, 3.63) is 59.2 Å². The number of carbonyl (C=O) groups excluding carboxylic acids is 1. The van der Waals surface area contributed by atoms with E-state index in [4.69, 9.17) is 24.7 Å². The number of ether oxygens (including phenoxy) is 4. The highest BCUT2D eigenvalue weighted by Gasteiger charge is 2.36. The Balaban J connectivity index is 2.24. The summed E-state index contributed by atoms with van der Waals surface area (Å²) in [4.78, 5) is 16.1. The quantitative estimate of drug-likeness (QED) is 0.576. The molecule has 1 atom stereocenters. The minimum absolute atomic E-state index is 0.242. The number of esters is 1. The molecule has 0 aliphatic carbocycles. The number of nitrogens with two attached hydrogens (primary N) is 1. The first-order chi connectivity index (χ1) is 14.5. The van der Waals surface area contributed by atoms with Crippen molar-refractivity contribution in [2.24, 2.45) is 5.73 Å². The van der Waals surface area contributed by atoms with Crippen molar-refractivity contribution in [2.45, 2.75) is 13.0 Å². The Labute approximate surface area is 175 Å². The predicted molar refractivity (Wildman–Crippen MR) is 112 cm³/mol. The van der Waals surface area contributed by atoms with Crippen molar-refractivity contribution in [1.29, 1.82) is 0 Å². The van der Waals surface area contributed by atoms with Crippen LogP contribution in [0.1, 0.15) is 24.1 Å². The second-order valence-electron chi connectivity index (χ2n) is 6.45. The third-order valence-electron chi connectivity index (χ3n) is 4.70. The lowest BCUT2D eigenvalue weighted by Crippen LogP contribution is -2.82. The predicted octanol–water partition coefficient (Wildman–Crippen LogP) is 0.726. The van der Waals surface area contributed by atoms with Crippen LogP contribution in [0.15, 0.2) is 48.0 Å². The fourth-order valence-corrected chi connectivity index (χ4v) is 3.39. The summed E-state index contributed by atoms with van der Waals surface area (Å²) in [5, 5.41) is 3.08. The maximum atomic E-state index is 13.0. The first-order valence-corrected chi connectivity index (χ1v) is 9.46. The van der Waals surface area contributed by atoms with Gasteiger partial charge in [-0.25, -0.2) is 10.1 Å². The molecule has 0 bridgehead atoms. The number of nitrogens with one attached hydrogen (secondary N) is 2. The molecule has 0 amide bonds. The van der Waals surface area contributed by atoms with Gasteiger partial charge in [0.15, 0.2) is 11.5 Å². The van der Waals surface area contributed by atoms with Gasteiger partial charge in [-0.1, -0.05) is 30.3 Å². The molecule has 0 radical (unpaired) electrons. The Morgan fingerprint density at radius 3 is 2.23 bits per heavy atom. The third kappa shape index (κ3) is 4.03. The van der Waals surface area contributed by atoms with E-state index in [9.17, 15) is 4.79 Å². The van der Waals surface area contributed by atoms with Crippen LogP contribution in [0, 0.1) is 0 Å². The second-order valence-corrected chi connectivity index (χ2v) is 6.45. The Morgan fingerprint density at radius 2 is 1.70 bits per heavy atom. The Morgan fingerprint density at radius 1 is 1.07 bits per heavy atom. The monoisotopic (exact) mass is 412 g/mol. The smallest absolute Gasteiger partial charge is 0.346 e. The Kier molecular flexibility index (Phi) is 6.46. The number of benzene rings is 2. The summed E-state index contributed by atoms with van der Waals surface area (Å²) in [6.45, 7) is 2.00. The van der Waals surface area contributed by atoms with Crippen LogP contribution in [0.3, 0.4) is 0 Å². The van der Waals surface area contributed by atoms with Gasteiger partial charge in [0.1, 0.15) is 17.3 Å². The van der Waals surface area contributed by atoms with Crippen LogP contribution < -0.4 is 30.3 Å². The van der Waals surface area contributed by atoms with Gasteiger partial charge in [0.05, 0.1) is 27.9 Å². The molecular formula is C22H26N3O5+. The average molecular weight is 412 g/mol. The van der Waals surface area contributed by atoms with Gasteiger partial charge in [-0.15, -0.1) is 0 Å². The highest BCUT2D eigenvalue weighted by molar-refractivity contribution is 6.02. The van der Waals surface area contributed by atoms with E-state index in [0.29, 0.717) is 40.0 Å². The molecule has 1 aliphatic rings. The largest absolute Gasteiger partial charge is 0.493 e. The summed E-state index contributed by atoms with van der Waals surface area (Å²) >= 11 is 0. The summed E-state index contributed by atoms with van der Waals surface area (Å²) in [5.41, 5.74) is 8.62. The molecule has 0 unspecified atom stereocenters. The fourth-order valence-electron chi connectivity index (χ4n) is 3.39. The zero-order valence-corrected chi connectivity index (χ0v) is 17.4. The zero-order valence-electron chi connectivity index (χ0n) is 17.4. The topological polar surface area (TPSA) is 106 Å². The summed E-state index contributed by atoms with van der Waals surface area (Å²) in [7, 11) is 4.61. The van der Waals surface area contributed by atoms with Crippen LogP contribution in [-0.2, 0) is 9.53 Å². The van der Waals surface area contributed by atoms with Crippen molar-refractivity contribution in [3.8, 4) is 17.2 Å². The van der Waals surface area contributed by atoms with Crippen molar-refractivity contribution in [2.75, 3.05) is 27.9 Å². The van der Waals surface area contributed by atoms with Crippen molar-refractivity contribution < 1.29 is 28.7 Å². The minimum atomic E-state index is -0.603. The van der Waals surface area contributed by atoms with E-state index in [2.05, 4.69) is 10.3 Å². The summed E-state index contributed by atoms with van der Waals surface area (Å²) in [6, 6.07) is 12.4. The molecule has 1 heterocycles. The van der Waals surface area contributed by atoms with Crippen LogP contribution in [0.4, 0.5) is 0 Å². The fraction of sp³-hybridized carbons (Fsp3) is 0.273. The van der Waals surface area contributed by atoms with E-state index in [1.54, 1.807) is 19.1 Å². The van der Waals surface area contributed by atoms with Crippen molar-refractivity contribution in [1.82, 2.24) is 5.32 Å². The molecule has 158 valence electrons. The lowest BCUT2D eigenvalue weighted by Gasteiger charge is -2.24. The highest BCUT2D eigenvalue weighted by Crippen LogP contribution is 2.41. The standard InChI is InChI=1S/C22H25N3O5/c1-5-30-21(26)17-18(13-9-7-6-8-10-13)24-22(23)25-19(17)14-11-15(27-2)20(29-4)16(12-14)28-3/h6-12,19H,5H2,1-4H3,(H3,23,24,25)/p+1/t19-/m1/s1. The molecule has 0 aromatic heterocycles. The molecule has 30 heavy (non-hydrogen) atoms. The van der Waals surface area contributed by atoms with Gasteiger partial charge in [-0.2, -0.15) is 0 Å². The minimum Gasteiger partial charge on any atom is -0.493 e. The van der Waals surface area contributed by atoms with Crippen LogP contribution in [0.2, 0.25) is 0 Å². The van der Waals surface area contributed by atoms with E-state index >= 15 is 0 Å². The number of hydrogen-bond acceptors (Lipinski definition) is 7. The van der Waals surface area contributed by atoms with E-state index in [1.165, 1.54) is 21.3 Å². The SMILES string of the molecule is CCOC(=O)C1=C(c2ccccc2)NC(N)=[NH+][C@@H]1c1cc(OC)c(OC)c(OC)c1. The number of rotatable bonds is 7. The molecule has 0 spiro atoms. The van der Waals surface area contributed by atoms with Gasteiger partial charge in [-0.05, 0) is 19.1 Å².